The summed E-state index contributed by atoms with van der Waals surface area (Å²) in [5.74, 6) is -0.155. The third-order valence-corrected chi connectivity index (χ3v) is 3.05. The summed E-state index contributed by atoms with van der Waals surface area (Å²) in [6, 6.07) is 5.54. The Kier molecular flexibility index (Phi) is 1.69. The van der Waals surface area contributed by atoms with Gasteiger partial charge in [0, 0.05) is 0 Å². The van der Waals surface area contributed by atoms with E-state index in [4.69, 9.17) is 0 Å². The average molecular weight is 231 g/mol. The fraction of sp³-hybridized carbons (Fsp3) is 0. The molecule has 0 saturated carbocycles. The Hall–Kier alpha value is -0.410. The van der Waals surface area contributed by atoms with Gasteiger partial charge in [-0.2, -0.15) is 0 Å². The summed E-state index contributed by atoms with van der Waals surface area (Å²) in [4.78, 5) is 0. The Morgan fingerprint density at radius 3 is 2.91 bits per heavy atom. The Labute approximate surface area is 75.8 Å². The van der Waals surface area contributed by atoms with Crippen LogP contribution in [0.1, 0.15) is 0 Å². The highest BCUT2D eigenvalue weighted by atomic mass is 79.9. The van der Waals surface area contributed by atoms with E-state index in [2.05, 4.69) is 15.9 Å². The first-order chi connectivity index (χ1) is 5.29. The van der Waals surface area contributed by atoms with E-state index < -0.39 is 0 Å². The van der Waals surface area contributed by atoms with Gasteiger partial charge in [-0.05, 0) is 38.8 Å². The van der Waals surface area contributed by atoms with Crippen molar-refractivity contribution in [1.82, 2.24) is 0 Å². The lowest BCUT2D eigenvalue weighted by Gasteiger charge is -1.93. The maximum atomic E-state index is 13.2. The second kappa shape index (κ2) is 2.57. The van der Waals surface area contributed by atoms with Crippen molar-refractivity contribution in [3.05, 3.63) is 33.9 Å². The van der Waals surface area contributed by atoms with Crippen LogP contribution in [0.15, 0.2) is 28.1 Å². The highest BCUT2D eigenvalue weighted by molar-refractivity contribution is 9.10. The number of thiophene rings is 1. The average Bonchev–Trinajstić information content (AvgIpc) is 2.45. The molecule has 1 aromatic carbocycles. The summed E-state index contributed by atoms with van der Waals surface area (Å²) in [6.07, 6.45) is 0. The second-order valence-corrected chi connectivity index (χ2v) is 3.97. The van der Waals surface area contributed by atoms with Crippen molar-refractivity contribution in [3.8, 4) is 0 Å². The van der Waals surface area contributed by atoms with Gasteiger partial charge in [-0.3, -0.25) is 0 Å². The molecule has 0 radical (unpaired) electrons. The molecule has 0 nitrogen and oxygen atoms in total. The molecule has 56 valence electrons. The minimum absolute atomic E-state index is 0.155. The van der Waals surface area contributed by atoms with E-state index in [0.29, 0.717) is 4.47 Å². The molecule has 0 aliphatic rings. The summed E-state index contributed by atoms with van der Waals surface area (Å²) in [6.45, 7) is 0. The third kappa shape index (κ3) is 1.08. The van der Waals surface area contributed by atoms with Crippen molar-refractivity contribution in [1.29, 1.82) is 0 Å². The fourth-order valence-corrected chi connectivity index (χ4v) is 2.27. The number of rotatable bonds is 0. The molecule has 3 heteroatoms. The molecule has 2 rings (SSSR count). The zero-order valence-corrected chi connectivity index (χ0v) is 7.88. The number of halogens is 2. The predicted molar refractivity (Wildman–Crippen MR) is 49.5 cm³/mol. The first kappa shape index (κ1) is 7.25. The molecule has 0 amide bonds. The summed E-state index contributed by atoms with van der Waals surface area (Å²) in [7, 11) is 0. The molecule has 0 aliphatic carbocycles. The predicted octanol–water partition coefficient (Wildman–Crippen LogP) is 3.80. The Balaban J connectivity index is 2.93. The number of hydrogen-bond acceptors (Lipinski definition) is 1. The molecule has 0 saturated heterocycles. The van der Waals surface area contributed by atoms with Crippen LogP contribution < -0.4 is 0 Å². The van der Waals surface area contributed by atoms with Crippen LogP contribution in [-0.2, 0) is 0 Å². The lowest BCUT2D eigenvalue weighted by Crippen LogP contribution is -1.74. The van der Waals surface area contributed by atoms with Gasteiger partial charge in [0.15, 0.2) is 5.82 Å². The van der Waals surface area contributed by atoms with Crippen LogP contribution in [0, 0.1) is 5.82 Å². The molecule has 0 aliphatic heterocycles. The molecule has 2 aromatic rings. The molecule has 1 aromatic heterocycles. The summed E-state index contributed by atoms with van der Waals surface area (Å²) < 4.78 is 14.5. The maximum absolute atomic E-state index is 13.2. The molecular formula is C8H4BrFS. The molecule has 1 heterocycles. The molecule has 11 heavy (non-hydrogen) atoms. The minimum Gasteiger partial charge on any atom is -0.204 e. The molecule has 0 N–H and O–H groups in total. The minimum atomic E-state index is -0.155. The second-order valence-electron chi connectivity index (χ2n) is 2.20. The Bertz CT molecular complexity index is 394. The smallest absolute Gasteiger partial charge is 0.155 e. The van der Waals surface area contributed by atoms with Crippen molar-refractivity contribution < 1.29 is 4.39 Å². The molecule has 0 atom stereocenters. The largest absolute Gasteiger partial charge is 0.204 e. The Morgan fingerprint density at radius 2 is 2.09 bits per heavy atom. The first-order valence-corrected chi connectivity index (χ1v) is 4.77. The highest BCUT2D eigenvalue weighted by Crippen LogP contribution is 2.28. The van der Waals surface area contributed by atoms with Crippen LogP contribution in [0.2, 0.25) is 0 Å². The quantitative estimate of drug-likeness (QED) is 0.646. The normalized spacial score (nSPS) is 10.7. The summed E-state index contributed by atoms with van der Waals surface area (Å²) in [5.41, 5.74) is 0. The van der Waals surface area contributed by atoms with Crippen molar-refractivity contribution in [3.63, 3.8) is 0 Å². The monoisotopic (exact) mass is 230 g/mol. The fourth-order valence-electron chi connectivity index (χ4n) is 0.973. The highest BCUT2D eigenvalue weighted by Gasteiger charge is 2.04. The molecule has 0 fully saturated rings. The SMILES string of the molecule is Fc1c(Br)ccc2ccsc12. The van der Waals surface area contributed by atoms with Crippen molar-refractivity contribution >= 4 is 37.4 Å². The lowest BCUT2D eigenvalue weighted by molar-refractivity contribution is 0.635. The first-order valence-electron chi connectivity index (χ1n) is 3.10. The standard InChI is InChI=1S/C8H4BrFS/c9-6-2-1-5-3-4-11-8(5)7(6)10/h1-4H. The number of fused-ring (bicyclic) bond motifs is 1. The molecular weight excluding hydrogens is 227 g/mol. The van der Waals surface area contributed by atoms with Crippen LogP contribution in [0.3, 0.4) is 0 Å². The molecule has 0 spiro atoms. The maximum Gasteiger partial charge on any atom is 0.155 e. The van der Waals surface area contributed by atoms with E-state index in [9.17, 15) is 4.39 Å². The van der Waals surface area contributed by atoms with E-state index in [1.54, 1.807) is 6.07 Å². The van der Waals surface area contributed by atoms with Crippen LogP contribution in [-0.4, -0.2) is 0 Å². The van der Waals surface area contributed by atoms with Gasteiger partial charge in [-0.1, -0.05) is 6.07 Å². The van der Waals surface area contributed by atoms with Crippen LogP contribution in [0.5, 0.6) is 0 Å². The summed E-state index contributed by atoms with van der Waals surface area (Å²) >= 11 is 4.56. The van der Waals surface area contributed by atoms with Gasteiger partial charge < -0.3 is 0 Å². The van der Waals surface area contributed by atoms with Gasteiger partial charge >= 0.3 is 0 Å². The van der Waals surface area contributed by atoms with Gasteiger partial charge in [-0.15, -0.1) is 11.3 Å². The van der Waals surface area contributed by atoms with Crippen molar-refractivity contribution in [2.24, 2.45) is 0 Å². The van der Waals surface area contributed by atoms with E-state index in [1.807, 2.05) is 17.5 Å². The number of hydrogen-bond donors (Lipinski definition) is 0. The van der Waals surface area contributed by atoms with Crippen molar-refractivity contribution in [2.45, 2.75) is 0 Å². The topological polar surface area (TPSA) is 0 Å². The van der Waals surface area contributed by atoms with Gasteiger partial charge in [0.2, 0.25) is 0 Å². The lowest BCUT2D eigenvalue weighted by atomic mass is 10.3. The van der Waals surface area contributed by atoms with Gasteiger partial charge in [0.25, 0.3) is 0 Å². The molecule has 0 bridgehead atoms. The molecule has 0 unspecified atom stereocenters. The van der Waals surface area contributed by atoms with Crippen LogP contribution in [0.25, 0.3) is 10.1 Å². The van der Waals surface area contributed by atoms with E-state index in [1.165, 1.54) is 11.3 Å². The zero-order valence-electron chi connectivity index (χ0n) is 5.47. The third-order valence-electron chi connectivity index (χ3n) is 1.51. The Morgan fingerprint density at radius 1 is 1.27 bits per heavy atom. The van der Waals surface area contributed by atoms with E-state index >= 15 is 0 Å². The van der Waals surface area contributed by atoms with Crippen LogP contribution >= 0.6 is 27.3 Å². The van der Waals surface area contributed by atoms with Gasteiger partial charge in [0.05, 0.1) is 9.17 Å². The summed E-state index contributed by atoms with van der Waals surface area (Å²) in [5, 5.41) is 2.86. The van der Waals surface area contributed by atoms with E-state index in [0.717, 1.165) is 10.1 Å². The van der Waals surface area contributed by atoms with Gasteiger partial charge in [-0.25, -0.2) is 4.39 Å². The van der Waals surface area contributed by atoms with Crippen molar-refractivity contribution in [2.75, 3.05) is 0 Å². The zero-order chi connectivity index (χ0) is 7.84. The van der Waals surface area contributed by atoms with Gasteiger partial charge in [0.1, 0.15) is 0 Å². The number of benzene rings is 1. The van der Waals surface area contributed by atoms with E-state index in [-0.39, 0.29) is 5.82 Å². The van der Waals surface area contributed by atoms with Crippen LogP contribution in [0.4, 0.5) is 4.39 Å².